The Balaban J connectivity index is 1.45. The van der Waals surface area contributed by atoms with Crippen molar-refractivity contribution in [1.29, 1.82) is 0 Å². The number of hydrogen-bond donors (Lipinski definition) is 0. The van der Waals surface area contributed by atoms with Crippen LogP contribution >= 0.6 is 0 Å². The lowest BCUT2D eigenvalue weighted by atomic mass is 9.95. The third-order valence-electron chi connectivity index (χ3n) is 5.16. The molecule has 25 heavy (non-hydrogen) atoms. The Morgan fingerprint density at radius 1 is 1.20 bits per heavy atom. The highest BCUT2D eigenvalue weighted by Gasteiger charge is 2.26. The summed E-state index contributed by atoms with van der Waals surface area (Å²) in [7, 11) is 3.64. The van der Waals surface area contributed by atoms with Gasteiger partial charge in [-0.05, 0) is 45.0 Å². The Labute approximate surface area is 147 Å². The maximum atomic E-state index is 5.52. The average molecular weight is 340 g/mol. The molecule has 0 N–H and O–H groups in total. The number of pyridine rings is 1. The van der Waals surface area contributed by atoms with Gasteiger partial charge in [-0.15, -0.1) is 10.2 Å². The molecule has 0 atom stereocenters. The number of likely N-dealkylation sites (tertiary alicyclic amines) is 1. The molecule has 3 aromatic heterocycles. The molecule has 1 aliphatic heterocycles. The SMILES string of the molecule is COc1c(CN2CCC(c3nnc4ccccn34)CC2)c(C)nn1C. The van der Waals surface area contributed by atoms with Crippen LogP contribution in [0.15, 0.2) is 24.4 Å². The van der Waals surface area contributed by atoms with Crippen LogP contribution in [0.25, 0.3) is 5.65 Å². The van der Waals surface area contributed by atoms with Gasteiger partial charge in [-0.25, -0.2) is 4.68 Å². The number of nitrogens with zero attached hydrogens (tertiary/aromatic N) is 6. The molecule has 4 rings (SSSR count). The fraction of sp³-hybridized carbons (Fsp3) is 0.500. The Morgan fingerprint density at radius 3 is 2.76 bits per heavy atom. The van der Waals surface area contributed by atoms with Gasteiger partial charge in [-0.3, -0.25) is 9.30 Å². The predicted octanol–water partition coefficient (Wildman–Crippen LogP) is 2.16. The molecule has 0 spiro atoms. The van der Waals surface area contributed by atoms with E-state index < -0.39 is 0 Å². The summed E-state index contributed by atoms with van der Waals surface area (Å²) in [5.74, 6) is 2.42. The van der Waals surface area contributed by atoms with Crippen LogP contribution in [0.5, 0.6) is 5.88 Å². The van der Waals surface area contributed by atoms with Gasteiger partial charge in [0, 0.05) is 25.7 Å². The molecule has 0 aromatic carbocycles. The topological polar surface area (TPSA) is 60.5 Å². The molecule has 0 bridgehead atoms. The number of fused-ring (bicyclic) bond motifs is 1. The van der Waals surface area contributed by atoms with Crippen molar-refractivity contribution in [3.8, 4) is 5.88 Å². The van der Waals surface area contributed by atoms with Crippen molar-refractivity contribution in [3.05, 3.63) is 41.5 Å². The third kappa shape index (κ3) is 2.89. The smallest absolute Gasteiger partial charge is 0.216 e. The number of aromatic nitrogens is 5. The van der Waals surface area contributed by atoms with E-state index in [4.69, 9.17) is 4.74 Å². The zero-order valence-electron chi connectivity index (χ0n) is 15.0. The second-order valence-electron chi connectivity index (χ2n) is 6.73. The van der Waals surface area contributed by atoms with Gasteiger partial charge in [0.15, 0.2) is 5.65 Å². The zero-order valence-corrected chi connectivity index (χ0v) is 15.0. The fourth-order valence-electron chi connectivity index (χ4n) is 3.83. The summed E-state index contributed by atoms with van der Waals surface area (Å²) >= 11 is 0. The predicted molar refractivity (Wildman–Crippen MR) is 94.7 cm³/mol. The van der Waals surface area contributed by atoms with Crippen LogP contribution in [0.2, 0.25) is 0 Å². The van der Waals surface area contributed by atoms with Crippen molar-refractivity contribution in [1.82, 2.24) is 29.3 Å². The van der Waals surface area contributed by atoms with E-state index in [0.717, 1.165) is 55.5 Å². The highest BCUT2D eigenvalue weighted by atomic mass is 16.5. The van der Waals surface area contributed by atoms with Gasteiger partial charge in [-0.1, -0.05) is 6.07 Å². The lowest BCUT2D eigenvalue weighted by molar-refractivity contribution is 0.198. The lowest BCUT2D eigenvalue weighted by Gasteiger charge is -2.31. The Morgan fingerprint density at radius 2 is 2.00 bits per heavy atom. The minimum Gasteiger partial charge on any atom is -0.481 e. The monoisotopic (exact) mass is 340 g/mol. The van der Waals surface area contributed by atoms with Crippen molar-refractivity contribution in [3.63, 3.8) is 0 Å². The van der Waals surface area contributed by atoms with Crippen molar-refractivity contribution in [2.45, 2.75) is 32.2 Å². The van der Waals surface area contributed by atoms with Crippen molar-refractivity contribution < 1.29 is 4.74 Å². The van der Waals surface area contributed by atoms with Crippen LogP contribution in [-0.2, 0) is 13.6 Å². The van der Waals surface area contributed by atoms with Crippen molar-refractivity contribution >= 4 is 5.65 Å². The van der Waals surface area contributed by atoms with Crippen LogP contribution in [0, 0.1) is 6.92 Å². The number of rotatable bonds is 4. The fourth-order valence-corrected chi connectivity index (χ4v) is 3.83. The number of methoxy groups -OCH3 is 1. The molecule has 0 radical (unpaired) electrons. The van der Waals surface area contributed by atoms with Gasteiger partial charge in [0.25, 0.3) is 0 Å². The van der Waals surface area contributed by atoms with Crippen LogP contribution in [0.3, 0.4) is 0 Å². The first kappa shape index (κ1) is 16.1. The first-order chi connectivity index (χ1) is 12.2. The van der Waals surface area contributed by atoms with Gasteiger partial charge < -0.3 is 4.74 Å². The molecule has 4 heterocycles. The van der Waals surface area contributed by atoms with Gasteiger partial charge in [-0.2, -0.15) is 5.10 Å². The first-order valence-electron chi connectivity index (χ1n) is 8.76. The van der Waals surface area contributed by atoms with E-state index in [-0.39, 0.29) is 0 Å². The first-order valence-corrected chi connectivity index (χ1v) is 8.76. The molecular weight excluding hydrogens is 316 g/mol. The molecule has 0 amide bonds. The van der Waals surface area contributed by atoms with Gasteiger partial charge in [0.1, 0.15) is 5.82 Å². The van der Waals surface area contributed by atoms with Gasteiger partial charge >= 0.3 is 0 Å². The van der Waals surface area contributed by atoms with E-state index in [1.807, 2.05) is 36.9 Å². The third-order valence-corrected chi connectivity index (χ3v) is 5.16. The van der Waals surface area contributed by atoms with E-state index in [0.29, 0.717) is 5.92 Å². The zero-order chi connectivity index (χ0) is 17.4. The minimum absolute atomic E-state index is 0.463. The largest absolute Gasteiger partial charge is 0.481 e. The maximum Gasteiger partial charge on any atom is 0.216 e. The number of hydrogen-bond acceptors (Lipinski definition) is 5. The minimum atomic E-state index is 0.463. The average Bonchev–Trinajstić information content (AvgIpc) is 3.17. The molecule has 1 fully saturated rings. The Bertz CT molecular complexity index is 875. The lowest BCUT2D eigenvalue weighted by Crippen LogP contribution is -2.33. The van der Waals surface area contributed by atoms with E-state index in [2.05, 4.69) is 30.8 Å². The molecule has 1 saturated heterocycles. The summed E-state index contributed by atoms with van der Waals surface area (Å²) in [6.45, 7) is 5.02. The molecule has 0 unspecified atom stereocenters. The van der Waals surface area contributed by atoms with Gasteiger partial charge in [0.2, 0.25) is 5.88 Å². The van der Waals surface area contributed by atoms with E-state index in [1.54, 1.807) is 7.11 Å². The second-order valence-corrected chi connectivity index (χ2v) is 6.73. The van der Waals surface area contributed by atoms with E-state index in [9.17, 15) is 0 Å². The summed E-state index contributed by atoms with van der Waals surface area (Å²) in [6, 6.07) is 6.04. The van der Waals surface area contributed by atoms with E-state index >= 15 is 0 Å². The van der Waals surface area contributed by atoms with Gasteiger partial charge in [0.05, 0.1) is 18.4 Å². The Hall–Kier alpha value is -2.41. The standard InChI is InChI=1S/C18H24N6O/c1-13-15(18(25-3)22(2)21-13)12-23-10-7-14(8-11-23)17-20-19-16-6-4-5-9-24(16)17/h4-6,9,14H,7-8,10-12H2,1-3H3. The second kappa shape index (κ2) is 6.48. The highest BCUT2D eigenvalue weighted by molar-refractivity contribution is 5.37. The number of piperidine rings is 1. The van der Waals surface area contributed by atoms with Crippen LogP contribution in [0.1, 0.15) is 35.8 Å². The normalized spacial score (nSPS) is 16.6. The summed E-state index contributed by atoms with van der Waals surface area (Å²) in [5, 5.41) is 13.2. The van der Waals surface area contributed by atoms with Crippen LogP contribution in [-0.4, -0.2) is 49.5 Å². The molecule has 1 aliphatic rings. The van der Waals surface area contributed by atoms with Crippen molar-refractivity contribution in [2.24, 2.45) is 7.05 Å². The molecule has 7 nitrogen and oxygen atoms in total. The molecule has 7 heteroatoms. The molecule has 0 saturated carbocycles. The van der Waals surface area contributed by atoms with Crippen LogP contribution in [0.4, 0.5) is 0 Å². The summed E-state index contributed by atoms with van der Waals surface area (Å²) in [4.78, 5) is 2.48. The summed E-state index contributed by atoms with van der Waals surface area (Å²) < 4.78 is 9.46. The number of aryl methyl sites for hydroxylation is 2. The van der Waals surface area contributed by atoms with Crippen LogP contribution < -0.4 is 4.74 Å². The summed E-state index contributed by atoms with van der Waals surface area (Å²) in [5.41, 5.74) is 3.16. The molecule has 132 valence electrons. The quantitative estimate of drug-likeness (QED) is 0.728. The number of ether oxygens (including phenoxy) is 1. The molecular formula is C18H24N6O. The highest BCUT2D eigenvalue weighted by Crippen LogP contribution is 2.29. The van der Waals surface area contributed by atoms with E-state index in [1.165, 1.54) is 5.56 Å². The summed E-state index contributed by atoms with van der Waals surface area (Å²) in [6.07, 6.45) is 4.25. The molecule has 3 aromatic rings. The maximum absolute atomic E-state index is 5.52. The molecule has 0 aliphatic carbocycles. The Kier molecular flexibility index (Phi) is 4.17. The van der Waals surface area contributed by atoms with Crippen molar-refractivity contribution in [2.75, 3.05) is 20.2 Å².